The summed E-state index contributed by atoms with van der Waals surface area (Å²) in [5.74, 6) is -1.00. The van der Waals surface area contributed by atoms with Crippen LogP contribution in [0.1, 0.15) is 35.8 Å². The average molecular weight is 454 g/mol. The zero-order valence-corrected chi connectivity index (χ0v) is 18.6. The highest BCUT2D eigenvalue weighted by Crippen LogP contribution is 2.29. The number of aromatic nitrogens is 1. The number of nitrogens with zero attached hydrogens (tertiary/aromatic N) is 2. The first-order valence-corrected chi connectivity index (χ1v) is 11.4. The Kier molecular flexibility index (Phi) is 6.54. The summed E-state index contributed by atoms with van der Waals surface area (Å²) in [6.45, 7) is 3.90. The summed E-state index contributed by atoms with van der Waals surface area (Å²) in [4.78, 5) is 24.9. The zero-order valence-electron chi connectivity index (χ0n) is 17.0. The molecular formula is C20H24ClN3O5S. The molecule has 1 aromatic heterocycles. The first-order valence-electron chi connectivity index (χ1n) is 9.57. The van der Waals surface area contributed by atoms with Crippen LogP contribution in [0.2, 0.25) is 5.02 Å². The third kappa shape index (κ3) is 4.38. The second kappa shape index (κ2) is 8.79. The van der Waals surface area contributed by atoms with Crippen molar-refractivity contribution in [2.75, 3.05) is 18.5 Å². The molecule has 1 aliphatic heterocycles. The maximum atomic E-state index is 13.2. The van der Waals surface area contributed by atoms with Crippen LogP contribution < -0.4 is 5.32 Å². The highest BCUT2D eigenvalue weighted by atomic mass is 35.5. The number of esters is 1. The van der Waals surface area contributed by atoms with Gasteiger partial charge in [0, 0.05) is 30.5 Å². The Labute approximate surface area is 180 Å². The van der Waals surface area contributed by atoms with E-state index in [1.165, 1.54) is 21.1 Å². The Morgan fingerprint density at radius 3 is 2.70 bits per heavy atom. The van der Waals surface area contributed by atoms with E-state index >= 15 is 0 Å². The summed E-state index contributed by atoms with van der Waals surface area (Å²) >= 11 is 5.95. The van der Waals surface area contributed by atoms with Crippen LogP contribution in [0, 0.1) is 6.92 Å². The van der Waals surface area contributed by atoms with E-state index in [2.05, 4.69) is 5.32 Å². The molecule has 1 amide bonds. The highest BCUT2D eigenvalue weighted by molar-refractivity contribution is 7.89. The van der Waals surface area contributed by atoms with Gasteiger partial charge in [0.15, 0.2) is 0 Å². The molecule has 0 bridgehead atoms. The van der Waals surface area contributed by atoms with Gasteiger partial charge < -0.3 is 14.6 Å². The third-order valence-electron chi connectivity index (χ3n) is 5.02. The largest absolute Gasteiger partial charge is 0.461 e. The van der Waals surface area contributed by atoms with Crippen molar-refractivity contribution in [2.24, 2.45) is 7.05 Å². The van der Waals surface area contributed by atoms with Crippen LogP contribution in [0.15, 0.2) is 35.4 Å². The van der Waals surface area contributed by atoms with Gasteiger partial charge in [0.1, 0.15) is 16.6 Å². The van der Waals surface area contributed by atoms with Gasteiger partial charge in [0.05, 0.1) is 6.61 Å². The van der Waals surface area contributed by atoms with Crippen LogP contribution in [-0.4, -0.2) is 48.4 Å². The molecule has 2 aromatic rings. The number of anilines is 1. The molecule has 1 saturated heterocycles. The Morgan fingerprint density at radius 2 is 2.03 bits per heavy atom. The number of aryl methyl sites for hydroxylation is 2. The second-order valence-corrected chi connectivity index (χ2v) is 9.44. The normalized spacial score (nSPS) is 17.1. The Hall–Kier alpha value is -2.36. The number of nitrogens with one attached hydrogen (secondary N) is 1. The number of amides is 1. The fraction of sp³-hybridized carbons (Fsp3) is 0.400. The molecule has 0 aliphatic carbocycles. The lowest BCUT2D eigenvalue weighted by Crippen LogP contribution is -2.43. The van der Waals surface area contributed by atoms with Gasteiger partial charge in [0.2, 0.25) is 15.9 Å². The number of carbonyl (C=O) groups is 2. The summed E-state index contributed by atoms with van der Waals surface area (Å²) in [6, 6.07) is 5.52. The Bertz CT molecular complexity index is 1080. The number of hydrogen-bond acceptors (Lipinski definition) is 5. The van der Waals surface area contributed by atoms with Crippen molar-refractivity contribution >= 4 is 39.2 Å². The van der Waals surface area contributed by atoms with Gasteiger partial charge in [-0.2, -0.15) is 4.31 Å². The van der Waals surface area contributed by atoms with Crippen molar-refractivity contribution in [3.05, 3.63) is 46.7 Å². The van der Waals surface area contributed by atoms with E-state index in [9.17, 15) is 18.0 Å². The minimum atomic E-state index is -3.97. The number of carbonyl (C=O) groups excluding carboxylic acids is 2. The molecule has 1 aliphatic rings. The molecule has 1 atom stereocenters. The third-order valence-corrected chi connectivity index (χ3v) is 7.13. The van der Waals surface area contributed by atoms with Crippen LogP contribution in [0.5, 0.6) is 0 Å². The van der Waals surface area contributed by atoms with E-state index in [-0.39, 0.29) is 23.7 Å². The predicted molar refractivity (Wildman–Crippen MR) is 113 cm³/mol. The lowest BCUT2D eigenvalue weighted by molar-refractivity contribution is -0.119. The summed E-state index contributed by atoms with van der Waals surface area (Å²) < 4.78 is 34.0. The standard InChI is InChI=1S/C20H24ClN3O5S/c1-4-29-20(26)18-11-15(12-23(18)3)30(27,28)24-9-5-6-17(24)19(25)22-16-8-7-14(21)10-13(16)2/h7-8,10-12,17H,4-6,9H2,1-3H3,(H,22,25). The molecule has 162 valence electrons. The fourth-order valence-corrected chi connectivity index (χ4v) is 5.45. The molecule has 0 saturated carbocycles. The number of ether oxygens (including phenoxy) is 1. The molecule has 1 fully saturated rings. The molecule has 10 heteroatoms. The molecule has 1 unspecified atom stereocenters. The zero-order chi connectivity index (χ0) is 22.1. The van der Waals surface area contributed by atoms with Gasteiger partial charge in [0.25, 0.3) is 0 Å². The van der Waals surface area contributed by atoms with Gasteiger partial charge in [-0.15, -0.1) is 0 Å². The van der Waals surface area contributed by atoms with Crippen LogP contribution >= 0.6 is 11.6 Å². The number of benzene rings is 1. The van der Waals surface area contributed by atoms with Gasteiger partial charge in [-0.25, -0.2) is 13.2 Å². The predicted octanol–water partition coefficient (Wildman–Crippen LogP) is 2.96. The summed E-state index contributed by atoms with van der Waals surface area (Å²) in [6.07, 6.45) is 2.34. The van der Waals surface area contributed by atoms with Gasteiger partial charge >= 0.3 is 5.97 Å². The van der Waals surface area contributed by atoms with Crippen molar-refractivity contribution in [2.45, 2.75) is 37.6 Å². The van der Waals surface area contributed by atoms with Gasteiger partial charge in [-0.05, 0) is 56.5 Å². The smallest absolute Gasteiger partial charge is 0.354 e. The van der Waals surface area contributed by atoms with E-state index in [4.69, 9.17) is 16.3 Å². The van der Waals surface area contributed by atoms with Crippen molar-refractivity contribution in [3.8, 4) is 0 Å². The first kappa shape index (κ1) is 22.3. The number of hydrogen-bond donors (Lipinski definition) is 1. The molecule has 0 radical (unpaired) electrons. The summed E-state index contributed by atoms with van der Waals surface area (Å²) in [5, 5.41) is 3.35. The van der Waals surface area contributed by atoms with Crippen molar-refractivity contribution in [1.82, 2.24) is 8.87 Å². The molecular weight excluding hydrogens is 430 g/mol. The monoisotopic (exact) mass is 453 g/mol. The van der Waals surface area contributed by atoms with Crippen molar-refractivity contribution < 1.29 is 22.7 Å². The van der Waals surface area contributed by atoms with E-state index in [1.54, 1.807) is 32.2 Å². The lowest BCUT2D eigenvalue weighted by Gasteiger charge is -2.23. The van der Waals surface area contributed by atoms with E-state index < -0.39 is 27.9 Å². The van der Waals surface area contributed by atoms with E-state index in [0.29, 0.717) is 23.6 Å². The quantitative estimate of drug-likeness (QED) is 0.678. The minimum Gasteiger partial charge on any atom is -0.461 e. The van der Waals surface area contributed by atoms with E-state index in [0.717, 1.165) is 5.56 Å². The number of sulfonamides is 1. The number of rotatable bonds is 6. The lowest BCUT2D eigenvalue weighted by atomic mass is 10.1. The van der Waals surface area contributed by atoms with Gasteiger partial charge in [-0.1, -0.05) is 11.6 Å². The molecule has 3 rings (SSSR count). The first-order chi connectivity index (χ1) is 14.1. The fourth-order valence-electron chi connectivity index (χ4n) is 3.49. The molecule has 0 spiro atoms. The molecule has 2 heterocycles. The summed E-state index contributed by atoms with van der Waals surface area (Å²) in [7, 11) is -2.40. The molecule has 30 heavy (non-hydrogen) atoms. The summed E-state index contributed by atoms with van der Waals surface area (Å²) in [5.41, 5.74) is 1.50. The number of halogens is 1. The van der Waals surface area contributed by atoms with Crippen LogP contribution in [0.4, 0.5) is 5.69 Å². The average Bonchev–Trinajstić information content (AvgIpc) is 3.32. The SMILES string of the molecule is CCOC(=O)c1cc(S(=O)(=O)N2CCCC2C(=O)Nc2ccc(Cl)cc2C)cn1C. The molecule has 1 aromatic carbocycles. The second-order valence-electron chi connectivity index (χ2n) is 7.11. The van der Waals surface area contributed by atoms with Crippen LogP contribution in [-0.2, 0) is 26.6 Å². The van der Waals surface area contributed by atoms with Gasteiger partial charge in [-0.3, -0.25) is 4.79 Å². The van der Waals surface area contributed by atoms with Crippen LogP contribution in [0.25, 0.3) is 0 Å². The van der Waals surface area contributed by atoms with E-state index in [1.807, 2.05) is 6.92 Å². The maximum Gasteiger partial charge on any atom is 0.354 e. The molecule has 1 N–H and O–H groups in total. The maximum absolute atomic E-state index is 13.2. The Balaban J connectivity index is 1.84. The van der Waals surface area contributed by atoms with Crippen molar-refractivity contribution in [3.63, 3.8) is 0 Å². The van der Waals surface area contributed by atoms with Crippen molar-refractivity contribution in [1.29, 1.82) is 0 Å². The Morgan fingerprint density at radius 1 is 1.30 bits per heavy atom. The minimum absolute atomic E-state index is 0.0459. The van der Waals surface area contributed by atoms with Crippen LogP contribution in [0.3, 0.4) is 0 Å². The topological polar surface area (TPSA) is 97.7 Å². The highest BCUT2D eigenvalue weighted by Gasteiger charge is 2.40. The molecule has 8 nitrogen and oxygen atoms in total.